The molecule has 1 aromatic carbocycles. The summed E-state index contributed by atoms with van der Waals surface area (Å²) in [6.07, 6.45) is 0. The molecule has 1 heterocycles. The molecule has 1 atom stereocenters. The average Bonchev–Trinajstić information content (AvgIpc) is 2.43. The van der Waals surface area contributed by atoms with E-state index in [4.69, 9.17) is 0 Å². The van der Waals surface area contributed by atoms with Crippen molar-refractivity contribution in [2.75, 3.05) is 19.6 Å². The number of carbonyl (C=O) groups is 1. The van der Waals surface area contributed by atoms with Crippen molar-refractivity contribution in [3.8, 4) is 0 Å². The van der Waals surface area contributed by atoms with E-state index in [-0.39, 0.29) is 19.1 Å². The Bertz CT molecular complexity index is 534. The van der Waals surface area contributed by atoms with Crippen molar-refractivity contribution in [3.63, 3.8) is 0 Å². The summed E-state index contributed by atoms with van der Waals surface area (Å²) in [5.74, 6) is -11.9. The Labute approximate surface area is 111 Å². The van der Waals surface area contributed by atoms with Crippen molar-refractivity contribution in [1.82, 2.24) is 10.2 Å². The normalized spacial score (nSPS) is 19.3. The van der Waals surface area contributed by atoms with Crippen molar-refractivity contribution in [1.29, 1.82) is 0 Å². The van der Waals surface area contributed by atoms with E-state index >= 15 is 0 Å². The van der Waals surface area contributed by atoms with E-state index in [1.165, 1.54) is 0 Å². The quantitative estimate of drug-likeness (QED) is 0.487. The monoisotopic (exact) mass is 294 g/mol. The Morgan fingerprint density at radius 2 is 1.55 bits per heavy atom. The van der Waals surface area contributed by atoms with Crippen LogP contribution in [0.3, 0.4) is 0 Å². The third-order valence-electron chi connectivity index (χ3n) is 3.08. The summed E-state index contributed by atoms with van der Waals surface area (Å²) >= 11 is 0. The molecular weight excluding hydrogens is 283 g/mol. The number of piperazine rings is 1. The Morgan fingerprint density at radius 1 is 1.05 bits per heavy atom. The number of carbonyl (C=O) groups excluding carboxylic acids is 1. The molecule has 2 rings (SSSR count). The smallest absolute Gasteiger partial charge is 0.260 e. The molecule has 1 fully saturated rings. The van der Waals surface area contributed by atoms with Crippen LogP contribution in [0.1, 0.15) is 17.3 Å². The minimum absolute atomic E-state index is 0.123. The van der Waals surface area contributed by atoms with Crippen LogP contribution >= 0.6 is 0 Å². The molecule has 1 unspecified atom stereocenters. The molecule has 0 aliphatic carbocycles. The molecule has 1 amide bonds. The summed E-state index contributed by atoms with van der Waals surface area (Å²) in [6.45, 7) is 2.36. The van der Waals surface area contributed by atoms with Crippen molar-refractivity contribution < 1.29 is 26.7 Å². The molecule has 1 N–H and O–H groups in total. The first-order chi connectivity index (χ1) is 9.34. The van der Waals surface area contributed by atoms with E-state index in [0.29, 0.717) is 6.54 Å². The van der Waals surface area contributed by atoms with Crippen molar-refractivity contribution in [2.24, 2.45) is 0 Å². The first-order valence-electron chi connectivity index (χ1n) is 5.88. The summed E-state index contributed by atoms with van der Waals surface area (Å²) in [5.41, 5.74) is -1.41. The molecule has 110 valence electrons. The van der Waals surface area contributed by atoms with E-state index in [9.17, 15) is 26.7 Å². The first-order valence-corrected chi connectivity index (χ1v) is 5.88. The molecule has 1 aliphatic rings. The van der Waals surface area contributed by atoms with E-state index in [1.807, 2.05) is 0 Å². The van der Waals surface area contributed by atoms with Crippen LogP contribution in [0.25, 0.3) is 0 Å². The molecular formula is C12H11F5N2O. The highest BCUT2D eigenvalue weighted by atomic mass is 19.2. The van der Waals surface area contributed by atoms with Crippen LogP contribution in [-0.4, -0.2) is 36.5 Å². The Balaban J connectivity index is 2.44. The lowest BCUT2D eigenvalue weighted by Gasteiger charge is -2.32. The van der Waals surface area contributed by atoms with Gasteiger partial charge in [-0.05, 0) is 6.92 Å². The summed E-state index contributed by atoms with van der Waals surface area (Å²) in [6, 6.07) is -0.131. The van der Waals surface area contributed by atoms with Gasteiger partial charge in [0.15, 0.2) is 23.3 Å². The van der Waals surface area contributed by atoms with Gasteiger partial charge in [-0.15, -0.1) is 0 Å². The number of nitrogens with one attached hydrogen (secondary N) is 1. The summed E-state index contributed by atoms with van der Waals surface area (Å²) in [4.78, 5) is 13.0. The standard InChI is InChI=1S/C12H11F5N2O/c1-5-4-19(3-2-18-5)12(20)6-7(13)9(15)11(17)10(16)8(6)14/h5,18H,2-4H2,1H3. The zero-order chi connectivity index (χ0) is 15.0. The molecule has 0 spiro atoms. The first kappa shape index (κ1) is 14.7. The lowest BCUT2D eigenvalue weighted by molar-refractivity contribution is 0.0695. The molecule has 1 aliphatic heterocycles. The van der Waals surface area contributed by atoms with Crippen molar-refractivity contribution in [3.05, 3.63) is 34.6 Å². The van der Waals surface area contributed by atoms with Gasteiger partial charge in [0.05, 0.1) is 0 Å². The highest BCUT2D eigenvalue weighted by molar-refractivity contribution is 5.95. The summed E-state index contributed by atoms with van der Waals surface area (Å²) in [5, 5.41) is 2.99. The maximum atomic E-state index is 13.5. The van der Waals surface area contributed by atoms with E-state index in [1.54, 1.807) is 6.92 Å². The predicted octanol–water partition coefficient (Wildman–Crippen LogP) is 1.82. The molecule has 20 heavy (non-hydrogen) atoms. The SMILES string of the molecule is CC1CN(C(=O)c2c(F)c(F)c(F)c(F)c2F)CCN1. The fourth-order valence-electron chi connectivity index (χ4n) is 2.07. The van der Waals surface area contributed by atoms with Crippen LogP contribution < -0.4 is 5.32 Å². The molecule has 1 aromatic rings. The van der Waals surface area contributed by atoms with Crippen LogP contribution in [0.5, 0.6) is 0 Å². The Hall–Kier alpha value is -1.70. The topological polar surface area (TPSA) is 32.3 Å². The van der Waals surface area contributed by atoms with Gasteiger partial charge in [0.1, 0.15) is 5.56 Å². The Kier molecular flexibility index (Phi) is 3.94. The third kappa shape index (κ3) is 2.35. The van der Waals surface area contributed by atoms with Gasteiger partial charge in [0, 0.05) is 25.7 Å². The summed E-state index contributed by atoms with van der Waals surface area (Å²) < 4.78 is 66.1. The minimum Gasteiger partial charge on any atom is -0.336 e. The van der Waals surface area contributed by atoms with E-state index in [2.05, 4.69) is 5.32 Å². The number of hydrogen-bond acceptors (Lipinski definition) is 2. The number of rotatable bonds is 1. The van der Waals surface area contributed by atoms with Gasteiger partial charge in [-0.3, -0.25) is 4.79 Å². The van der Waals surface area contributed by atoms with Crippen LogP contribution in [0.4, 0.5) is 22.0 Å². The highest BCUT2D eigenvalue weighted by Gasteiger charge is 2.33. The van der Waals surface area contributed by atoms with Crippen molar-refractivity contribution >= 4 is 5.91 Å². The van der Waals surface area contributed by atoms with Crippen molar-refractivity contribution in [2.45, 2.75) is 13.0 Å². The van der Waals surface area contributed by atoms with Crippen LogP contribution in [0.15, 0.2) is 0 Å². The van der Waals surface area contributed by atoms with Crippen LogP contribution in [-0.2, 0) is 0 Å². The van der Waals surface area contributed by atoms with Gasteiger partial charge in [0.2, 0.25) is 5.82 Å². The number of nitrogens with zero attached hydrogens (tertiary/aromatic N) is 1. The second kappa shape index (κ2) is 5.35. The zero-order valence-corrected chi connectivity index (χ0v) is 10.4. The van der Waals surface area contributed by atoms with E-state index < -0.39 is 40.6 Å². The highest BCUT2D eigenvalue weighted by Crippen LogP contribution is 2.24. The molecule has 0 radical (unpaired) electrons. The lowest BCUT2D eigenvalue weighted by Crippen LogP contribution is -2.51. The average molecular weight is 294 g/mol. The zero-order valence-electron chi connectivity index (χ0n) is 10.4. The maximum Gasteiger partial charge on any atom is 0.260 e. The second-order valence-corrected chi connectivity index (χ2v) is 4.55. The van der Waals surface area contributed by atoms with Gasteiger partial charge in [-0.1, -0.05) is 0 Å². The summed E-state index contributed by atoms with van der Waals surface area (Å²) in [7, 11) is 0. The molecule has 1 saturated heterocycles. The molecule has 8 heteroatoms. The van der Waals surface area contributed by atoms with Gasteiger partial charge < -0.3 is 10.2 Å². The maximum absolute atomic E-state index is 13.5. The number of amides is 1. The fraction of sp³-hybridized carbons (Fsp3) is 0.417. The lowest BCUT2D eigenvalue weighted by atomic mass is 10.1. The molecule has 0 bridgehead atoms. The second-order valence-electron chi connectivity index (χ2n) is 4.55. The Morgan fingerprint density at radius 3 is 2.05 bits per heavy atom. The molecule has 0 aromatic heterocycles. The number of halogens is 5. The fourth-order valence-corrected chi connectivity index (χ4v) is 2.07. The number of hydrogen-bond donors (Lipinski definition) is 1. The van der Waals surface area contributed by atoms with Gasteiger partial charge in [-0.25, -0.2) is 22.0 Å². The number of benzene rings is 1. The molecule has 3 nitrogen and oxygen atoms in total. The van der Waals surface area contributed by atoms with Gasteiger partial charge in [0.25, 0.3) is 5.91 Å². The van der Waals surface area contributed by atoms with Gasteiger partial charge >= 0.3 is 0 Å². The van der Waals surface area contributed by atoms with Crippen LogP contribution in [0.2, 0.25) is 0 Å². The largest absolute Gasteiger partial charge is 0.336 e. The van der Waals surface area contributed by atoms with Crippen LogP contribution in [0, 0.1) is 29.1 Å². The minimum atomic E-state index is -2.27. The van der Waals surface area contributed by atoms with E-state index in [0.717, 1.165) is 4.90 Å². The third-order valence-corrected chi connectivity index (χ3v) is 3.08. The van der Waals surface area contributed by atoms with Gasteiger partial charge in [-0.2, -0.15) is 0 Å². The molecule has 0 saturated carbocycles. The predicted molar refractivity (Wildman–Crippen MR) is 59.6 cm³/mol.